The number of nitrogens with zero attached hydrogens (tertiary/aromatic N) is 4. The molecule has 3 aliphatic heterocycles. The zero-order valence-electron chi connectivity index (χ0n) is 24.6. The van der Waals surface area contributed by atoms with E-state index in [0.29, 0.717) is 0 Å². The van der Waals surface area contributed by atoms with Crippen molar-refractivity contribution in [2.24, 2.45) is 0 Å². The summed E-state index contributed by atoms with van der Waals surface area (Å²) in [6, 6.07) is 33.0. The minimum Gasteiger partial charge on any atom is -0.330 e. The third kappa shape index (κ3) is 3.48. The molecule has 212 valence electrons. The van der Waals surface area contributed by atoms with E-state index in [4.69, 9.17) is 0 Å². The molecule has 0 radical (unpaired) electrons. The average Bonchev–Trinajstić information content (AvgIpc) is 3.61. The molecule has 3 aromatic carbocycles. The number of allylic oxidation sites excluding steroid dienone is 7. The molecule has 0 saturated carbocycles. The van der Waals surface area contributed by atoms with Gasteiger partial charge in [0.25, 0.3) is 0 Å². The van der Waals surface area contributed by atoms with Gasteiger partial charge in [0, 0.05) is 71.3 Å². The van der Waals surface area contributed by atoms with Gasteiger partial charge in [0.2, 0.25) is 17.1 Å². The Hall–Kier alpha value is -5.74. The van der Waals surface area contributed by atoms with Crippen LogP contribution in [0.5, 0.6) is 0 Å². The Bertz CT molecular complexity index is 2190. The van der Waals surface area contributed by atoms with Gasteiger partial charge in [-0.2, -0.15) is 4.58 Å². The molecule has 6 aliphatic rings. The van der Waals surface area contributed by atoms with Crippen LogP contribution in [0.25, 0.3) is 11.1 Å². The van der Waals surface area contributed by atoms with Crippen LogP contribution in [-0.4, -0.2) is 22.8 Å². The number of hydrogen-bond acceptors (Lipinski definition) is 3. The summed E-state index contributed by atoms with van der Waals surface area (Å²) in [6.07, 6.45) is 23.1. The highest BCUT2D eigenvalue weighted by Gasteiger charge is 2.51. The highest BCUT2D eigenvalue weighted by molar-refractivity contribution is 6.13. The molecule has 1 aromatic heterocycles. The van der Waals surface area contributed by atoms with Crippen molar-refractivity contribution < 1.29 is 0 Å². The number of hydrogen-bond donors (Lipinski definition) is 0. The predicted octanol–water partition coefficient (Wildman–Crippen LogP) is 8.58. The SMILES string of the molecule is C1=CC2=C3CC4=C(C=C3N(c3cccc(-c5cccnc5)c3)C2C=C1)C1=CC=CC2=[N+](c3ccccc3)c3ccccc3N4C12. The van der Waals surface area contributed by atoms with Gasteiger partial charge in [-0.1, -0.05) is 85.0 Å². The number of benzene rings is 3. The quantitative estimate of drug-likeness (QED) is 0.228. The fourth-order valence-corrected chi connectivity index (χ4v) is 8.04. The topological polar surface area (TPSA) is 22.4 Å². The lowest BCUT2D eigenvalue weighted by atomic mass is 9.88. The Morgan fingerprint density at radius 2 is 1.67 bits per heavy atom. The first kappa shape index (κ1) is 24.7. The van der Waals surface area contributed by atoms with Crippen molar-refractivity contribution in [3.63, 3.8) is 0 Å². The summed E-state index contributed by atoms with van der Waals surface area (Å²) < 4.78 is 2.45. The summed E-state index contributed by atoms with van der Waals surface area (Å²) in [5, 5.41) is 0. The van der Waals surface area contributed by atoms with Gasteiger partial charge in [-0.05, 0) is 52.6 Å². The van der Waals surface area contributed by atoms with Crippen LogP contribution >= 0.6 is 0 Å². The van der Waals surface area contributed by atoms with Gasteiger partial charge in [-0.15, -0.1) is 0 Å². The van der Waals surface area contributed by atoms with Crippen LogP contribution in [0.2, 0.25) is 0 Å². The molecule has 4 nitrogen and oxygen atoms in total. The molecular formula is C41H29N4+. The van der Waals surface area contributed by atoms with E-state index < -0.39 is 0 Å². The molecule has 0 saturated heterocycles. The monoisotopic (exact) mass is 577 g/mol. The molecule has 0 amide bonds. The lowest BCUT2D eigenvalue weighted by Gasteiger charge is -2.35. The van der Waals surface area contributed by atoms with Crippen molar-refractivity contribution in [3.05, 3.63) is 186 Å². The molecule has 3 aliphatic carbocycles. The Morgan fingerprint density at radius 1 is 0.778 bits per heavy atom. The number of anilines is 2. The molecule has 4 heteroatoms. The van der Waals surface area contributed by atoms with Crippen molar-refractivity contribution in [3.8, 4) is 11.1 Å². The number of rotatable bonds is 3. The van der Waals surface area contributed by atoms with E-state index in [1.807, 2.05) is 18.5 Å². The van der Waals surface area contributed by atoms with E-state index in [1.54, 1.807) is 0 Å². The third-order valence-electron chi connectivity index (χ3n) is 9.88. The van der Waals surface area contributed by atoms with E-state index in [0.717, 1.165) is 12.0 Å². The molecule has 45 heavy (non-hydrogen) atoms. The van der Waals surface area contributed by atoms with Crippen LogP contribution in [0, 0.1) is 0 Å². The van der Waals surface area contributed by atoms with Crippen molar-refractivity contribution in [1.29, 1.82) is 0 Å². The summed E-state index contributed by atoms with van der Waals surface area (Å²) in [7, 11) is 0. The second-order valence-electron chi connectivity index (χ2n) is 12.2. The van der Waals surface area contributed by atoms with E-state index in [1.165, 1.54) is 67.7 Å². The maximum absolute atomic E-state index is 4.38. The predicted molar refractivity (Wildman–Crippen MR) is 184 cm³/mol. The maximum Gasteiger partial charge on any atom is 0.235 e. The molecule has 10 rings (SSSR count). The highest BCUT2D eigenvalue weighted by Crippen LogP contribution is 2.54. The van der Waals surface area contributed by atoms with Crippen molar-refractivity contribution >= 4 is 28.5 Å². The van der Waals surface area contributed by atoms with E-state index in [2.05, 4.69) is 153 Å². The normalized spacial score (nSPS) is 21.8. The van der Waals surface area contributed by atoms with Crippen LogP contribution < -0.4 is 14.4 Å². The van der Waals surface area contributed by atoms with Crippen LogP contribution in [0.4, 0.5) is 22.7 Å². The van der Waals surface area contributed by atoms with Crippen molar-refractivity contribution in [2.75, 3.05) is 9.80 Å². The Labute approximate surface area is 262 Å². The van der Waals surface area contributed by atoms with Crippen LogP contribution in [0.3, 0.4) is 0 Å². The van der Waals surface area contributed by atoms with E-state index in [-0.39, 0.29) is 12.1 Å². The Kier molecular flexibility index (Phi) is 5.14. The number of aromatic nitrogens is 1. The summed E-state index contributed by atoms with van der Waals surface area (Å²) in [6.45, 7) is 0. The highest BCUT2D eigenvalue weighted by atomic mass is 15.3. The van der Waals surface area contributed by atoms with Crippen molar-refractivity contribution in [2.45, 2.75) is 18.5 Å². The molecule has 0 fully saturated rings. The van der Waals surface area contributed by atoms with Crippen LogP contribution in [0.15, 0.2) is 186 Å². The van der Waals surface area contributed by atoms with E-state index >= 15 is 0 Å². The molecule has 0 N–H and O–H groups in total. The van der Waals surface area contributed by atoms with Gasteiger partial charge in [-0.25, -0.2) is 0 Å². The van der Waals surface area contributed by atoms with Crippen molar-refractivity contribution in [1.82, 2.24) is 9.56 Å². The molecule has 4 aromatic rings. The second kappa shape index (κ2) is 9.38. The standard InChI is InChI=1S/C41H29N4/c1-2-13-29(14-3-1)43-36-19-6-7-20-37(36)45-40-24-33-31-16-4-5-18-35(31)44(30-15-8-11-27(23-30)28-12-10-22-42-26-28)39(33)25-34(40)32-17-9-21-38(43)41(32)45/h1-23,25-26,35,41H,24H2/q+1. The first-order chi connectivity index (χ1) is 22.3. The maximum atomic E-state index is 4.38. The molecule has 4 heterocycles. The van der Waals surface area contributed by atoms with Gasteiger partial charge in [0.05, 0.1) is 6.04 Å². The first-order valence-corrected chi connectivity index (χ1v) is 15.7. The molecule has 0 spiro atoms. The number of pyridine rings is 1. The summed E-state index contributed by atoms with van der Waals surface area (Å²) in [5.41, 5.74) is 16.7. The number of fused-ring (bicyclic) bond motifs is 6. The summed E-state index contributed by atoms with van der Waals surface area (Å²) in [5.74, 6) is 0. The number of para-hydroxylation sites is 3. The molecule has 2 unspecified atom stereocenters. The van der Waals surface area contributed by atoms with Gasteiger partial charge >= 0.3 is 0 Å². The second-order valence-corrected chi connectivity index (χ2v) is 12.2. The molecule has 0 bridgehead atoms. The molecule has 2 atom stereocenters. The van der Waals surface area contributed by atoms with Gasteiger partial charge in [0.1, 0.15) is 11.7 Å². The first-order valence-electron chi connectivity index (χ1n) is 15.7. The zero-order valence-corrected chi connectivity index (χ0v) is 24.6. The summed E-state index contributed by atoms with van der Waals surface area (Å²) >= 11 is 0. The zero-order chi connectivity index (χ0) is 29.5. The fraction of sp³-hybridized carbons (Fsp3) is 0.0732. The fourth-order valence-electron chi connectivity index (χ4n) is 8.04. The van der Waals surface area contributed by atoms with Crippen LogP contribution in [0.1, 0.15) is 6.42 Å². The Balaban J connectivity index is 1.16. The van der Waals surface area contributed by atoms with E-state index in [9.17, 15) is 0 Å². The lowest BCUT2D eigenvalue weighted by molar-refractivity contribution is 0.851. The lowest BCUT2D eigenvalue weighted by Crippen LogP contribution is -2.45. The largest absolute Gasteiger partial charge is 0.330 e. The minimum absolute atomic E-state index is 0.135. The van der Waals surface area contributed by atoms with Gasteiger partial charge in [0.15, 0.2) is 0 Å². The smallest absolute Gasteiger partial charge is 0.235 e. The third-order valence-corrected chi connectivity index (χ3v) is 9.88. The average molecular weight is 578 g/mol. The molecular weight excluding hydrogens is 548 g/mol. The van der Waals surface area contributed by atoms with Crippen LogP contribution in [-0.2, 0) is 0 Å². The van der Waals surface area contributed by atoms with Gasteiger partial charge < -0.3 is 9.80 Å². The van der Waals surface area contributed by atoms with Gasteiger partial charge in [-0.3, -0.25) is 4.98 Å². The Morgan fingerprint density at radius 3 is 2.58 bits per heavy atom. The summed E-state index contributed by atoms with van der Waals surface area (Å²) in [4.78, 5) is 9.54. The minimum atomic E-state index is 0.135.